The first-order valence-corrected chi connectivity index (χ1v) is 7.49. The molecule has 1 aliphatic carbocycles. The molecule has 0 saturated carbocycles. The van der Waals surface area contributed by atoms with Gasteiger partial charge >= 0.3 is 0 Å². The summed E-state index contributed by atoms with van der Waals surface area (Å²) in [5.74, 6) is -0.147. The van der Waals surface area contributed by atoms with Crippen LogP contribution in [-0.4, -0.2) is 23.2 Å². The largest absolute Gasteiger partial charge is 0.363 e. The van der Waals surface area contributed by atoms with Gasteiger partial charge in [-0.15, -0.1) is 10.2 Å². The topological polar surface area (TPSA) is 66.9 Å². The molecule has 6 heteroatoms. The van der Waals surface area contributed by atoms with E-state index in [0.717, 1.165) is 19.3 Å². The van der Waals surface area contributed by atoms with Gasteiger partial charge in [-0.2, -0.15) is 0 Å². The van der Waals surface area contributed by atoms with Gasteiger partial charge in [0.05, 0.1) is 6.04 Å². The molecular formula is C14H16N4OS. The number of rotatable bonds is 3. The quantitative estimate of drug-likeness (QED) is 0.910. The molecule has 1 atom stereocenters. The predicted molar refractivity (Wildman–Crippen MR) is 79.0 cm³/mol. The number of nitrogens with zero attached hydrogens (tertiary/aromatic N) is 2. The van der Waals surface area contributed by atoms with Gasteiger partial charge in [0.2, 0.25) is 10.1 Å². The smallest absolute Gasteiger partial charge is 0.282 e. The third-order valence-corrected chi connectivity index (χ3v) is 4.45. The van der Waals surface area contributed by atoms with Crippen molar-refractivity contribution in [3.8, 4) is 0 Å². The van der Waals surface area contributed by atoms with E-state index in [1.807, 2.05) is 12.1 Å². The van der Waals surface area contributed by atoms with E-state index in [4.69, 9.17) is 0 Å². The summed E-state index contributed by atoms with van der Waals surface area (Å²) < 4.78 is 0. The van der Waals surface area contributed by atoms with Gasteiger partial charge in [-0.25, -0.2) is 0 Å². The highest BCUT2D eigenvalue weighted by Gasteiger charge is 2.23. The number of aryl methyl sites for hydroxylation is 1. The Balaban J connectivity index is 1.77. The Hall–Kier alpha value is -1.95. The minimum atomic E-state index is -0.147. The summed E-state index contributed by atoms with van der Waals surface area (Å²) in [6.45, 7) is 0. The van der Waals surface area contributed by atoms with Crippen LogP contribution in [-0.2, 0) is 6.42 Å². The lowest BCUT2D eigenvalue weighted by Gasteiger charge is -2.25. The van der Waals surface area contributed by atoms with Crippen molar-refractivity contribution in [1.82, 2.24) is 15.5 Å². The van der Waals surface area contributed by atoms with Crippen molar-refractivity contribution >= 4 is 22.4 Å². The summed E-state index contributed by atoms with van der Waals surface area (Å²) in [6, 6.07) is 8.38. The van der Waals surface area contributed by atoms with Gasteiger partial charge < -0.3 is 10.6 Å². The SMILES string of the molecule is CNc1nnc(C(=O)NC2CCCc3ccccc32)s1. The second kappa shape index (κ2) is 5.58. The first-order chi connectivity index (χ1) is 9.78. The van der Waals surface area contributed by atoms with E-state index < -0.39 is 0 Å². The van der Waals surface area contributed by atoms with E-state index in [0.29, 0.717) is 10.1 Å². The zero-order valence-corrected chi connectivity index (χ0v) is 12.0. The highest BCUT2D eigenvalue weighted by molar-refractivity contribution is 7.17. The number of amides is 1. The third kappa shape index (κ3) is 2.51. The monoisotopic (exact) mass is 288 g/mol. The second-order valence-corrected chi connectivity index (χ2v) is 5.76. The van der Waals surface area contributed by atoms with Crippen molar-refractivity contribution in [3.05, 3.63) is 40.4 Å². The van der Waals surface area contributed by atoms with Crippen LogP contribution in [0.25, 0.3) is 0 Å². The number of carbonyl (C=O) groups excluding carboxylic acids is 1. The summed E-state index contributed by atoms with van der Waals surface area (Å²) in [6.07, 6.45) is 3.16. The zero-order chi connectivity index (χ0) is 13.9. The zero-order valence-electron chi connectivity index (χ0n) is 11.2. The molecule has 0 radical (unpaired) electrons. The van der Waals surface area contributed by atoms with E-state index in [2.05, 4.69) is 33.0 Å². The summed E-state index contributed by atoms with van der Waals surface area (Å²) in [4.78, 5) is 12.2. The fourth-order valence-electron chi connectivity index (χ4n) is 2.54. The molecule has 1 aromatic heterocycles. The van der Waals surface area contributed by atoms with Gasteiger partial charge in [-0.05, 0) is 30.4 Å². The summed E-state index contributed by atoms with van der Waals surface area (Å²) >= 11 is 1.27. The number of hydrogen-bond donors (Lipinski definition) is 2. The Labute approximate surface area is 121 Å². The highest BCUT2D eigenvalue weighted by Crippen LogP contribution is 2.29. The van der Waals surface area contributed by atoms with Crippen LogP contribution < -0.4 is 10.6 Å². The normalized spacial score (nSPS) is 17.4. The van der Waals surface area contributed by atoms with Crippen molar-refractivity contribution in [2.45, 2.75) is 25.3 Å². The maximum absolute atomic E-state index is 12.2. The molecule has 20 heavy (non-hydrogen) atoms. The van der Waals surface area contributed by atoms with Crippen LogP contribution in [0.4, 0.5) is 5.13 Å². The average molecular weight is 288 g/mol. The molecular weight excluding hydrogens is 272 g/mol. The molecule has 104 valence electrons. The van der Waals surface area contributed by atoms with E-state index >= 15 is 0 Å². The lowest BCUT2D eigenvalue weighted by atomic mass is 9.88. The molecule has 0 spiro atoms. The average Bonchev–Trinajstić information content (AvgIpc) is 2.97. The molecule has 1 aromatic carbocycles. The number of fused-ring (bicyclic) bond motifs is 1. The van der Waals surface area contributed by atoms with Crippen LogP contribution in [0.5, 0.6) is 0 Å². The van der Waals surface area contributed by atoms with Crippen LogP contribution >= 0.6 is 11.3 Å². The standard InChI is InChI=1S/C14H16N4OS/c1-15-14-18-17-13(20-14)12(19)16-11-8-4-6-9-5-2-3-7-10(9)11/h2-3,5,7,11H,4,6,8H2,1H3,(H,15,18)(H,16,19). The van der Waals surface area contributed by atoms with Crippen molar-refractivity contribution in [1.29, 1.82) is 0 Å². The van der Waals surface area contributed by atoms with Crippen LogP contribution in [0.2, 0.25) is 0 Å². The van der Waals surface area contributed by atoms with Crippen molar-refractivity contribution in [3.63, 3.8) is 0 Å². The Morgan fingerprint density at radius 3 is 3.00 bits per heavy atom. The number of nitrogens with one attached hydrogen (secondary N) is 2. The van der Waals surface area contributed by atoms with Gasteiger partial charge in [-0.3, -0.25) is 4.79 Å². The first-order valence-electron chi connectivity index (χ1n) is 6.68. The van der Waals surface area contributed by atoms with Crippen molar-refractivity contribution in [2.24, 2.45) is 0 Å². The molecule has 0 saturated heterocycles. The van der Waals surface area contributed by atoms with Crippen LogP contribution in [0.15, 0.2) is 24.3 Å². The molecule has 1 unspecified atom stereocenters. The second-order valence-electron chi connectivity index (χ2n) is 4.78. The number of carbonyl (C=O) groups is 1. The summed E-state index contributed by atoms with van der Waals surface area (Å²) in [5.41, 5.74) is 2.56. The van der Waals surface area contributed by atoms with Gasteiger partial charge in [0.1, 0.15) is 0 Å². The Morgan fingerprint density at radius 2 is 2.20 bits per heavy atom. The van der Waals surface area contributed by atoms with Gasteiger partial charge in [0.15, 0.2) is 0 Å². The fourth-order valence-corrected chi connectivity index (χ4v) is 3.14. The molecule has 5 nitrogen and oxygen atoms in total. The maximum Gasteiger partial charge on any atom is 0.282 e. The van der Waals surface area contributed by atoms with Crippen LogP contribution in [0, 0.1) is 0 Å². The number of aromatic nitrogens is 2. The van der Waals surface area contributed by atoms with E-state index in [1.165, 1.54) is 22.5 Å². The number of benzene rings is 1. The summed E-state index contributed by atoms with van der Waals surface area (Å²) in [7, 11) is 1.76. The maximum atomic E-state index is 12.2. The lowest BCUT2D eigenvalue weighted by Crippen LogP contribution is -2.30. The molecule has 0 bridgehead atoms. The Bertz CT molecular complexity index is 625. The minimum absolute atomic E-state index is 0.0781. The molecule has 3 rings (SSSR count). The van der Waals surface area contributed by atoms with E-state index in [9.17, 15) is 4.79 Å². The molecule has 1 aliphatic rings. The molecule has 1 amide bonds. The molecule has 1 heterocycles. The van der Waals surface area contributed by atoms with Gasteiger partial charge in [-0.1, -0.05) is 35.6 Å². The summed E-state index contributed by atoms with van der Waals surface area (Å²) in [5, 5.41) is 14.8. The lowest BCUT2D eigenvalue weighted by molar-refractivity contribution is 0.0931. The Kier molecular flexibility index (Phi) is 3.64. The first kappa shape index (κ1) is 13.1. The highest BCUT2D eigenvalue weighted by atomic mass is 32.1. The third-order valence-electron chi connectivity index (χ3n) is 3.51. The number of hydrogen-bond acceptors (Lipinski definition) is 5. The fraction of sp³-hybridized carbons (Fsp3) is 0.357. The van der Waals surface area contributed by atoms with Crippen molar-refractivity contribution < 1.29 is 4.79 Å². The molecule has 2 aromatic rings. The van der Waals surface area contributed by atoms with Gasteiger partial charge in [0.25, 0.3) is 5.91 Å². The molecule has 0 aliphatic heterocycles. The number of anilines is 1. The van der Waals surface area contributed by atoms with Crippen molar-refractivity contribution in [2.75, 3.05) is 12.4 Å². The molecule has 0 fully saturated rings. The van der Waals surface area contributed by atoms with E-state index in [-0.39, 0.29) is 11.9 Å². The van der Waals surface area contributed by atoms with Crippen LogP contribution in [0.3, 0.4) is 0 Å². The predicted octanol–water partition coefficient (Wildman–Crippen LogP) is 2.39. The molecule has 2 N–H and O–H groups in total. The van der Waals surface area contributed by atoms with Crippen LogP contribution in [0.1, 0.15) is 39.8 Å². The van der Waals surface area contributed by atoms with Gasteiger partial charge in [0, 0.05) is 7.05 Å². The minimum Gasteiger partial charge on any atom is -0.363 e. The Morgan fingerprint density at radius 1 is 1.35 bits per heavy atom. The van der Waals surface area contributed by atoms with E-state index in [1.54, 1.807) is 7.05 Å².